The van der Waals surface area contributed by atoms with Crippen molar-refractivity contribution in [1.29, 1.82) is 0 Å². The second-order valence-corrected chi connectivity index (χ2v) is 2.91. The zero-order valence-corrected chi connectivity index (χ0v) is 7.63. The van der Waals surface area contributed by atoms with Crippen LogP contribution in [0.3, 0.4) is 0 Å². The monoisotopic (exact) mass is 185 g/mol. The van der Waals surface area contributed by atoms with Crippen LogP contribution in [0.15, 0.2) is 18.5 Å². The smallest absolute Gasteiger partial charge is 0.0942 e. The van der Waals surface area contributed by atoms with E-state index in [0.29, 0.717) is 6.54 Å². The van der Waals surface area contributed by atoms with E-state index in [0.717, 1.165) is 0 Å². The molecule has 0 saturated heterocycles. The second kappa shape index (κ2) is 4.96. The molecular formula is C8H15N3O2. The normalized spacial score (nSPS) is 15.6. The van der Waals surface area contributed by atoms with E-state index >= 15 is 0 Å². The zero-order chi connectivity index (χ0) is 9.68. The lowest BCUT2D eigenvalue weighted by atomic mass is 10.2. The minimum Gasteiger partial charge on any atom is -0.389 e. The molecule has 0 radical (unpaired) electrons. The van der Waals surface area contributed by atoms with E-state index in [-0.39, 0.29) is 12.6 Å². The molecule has 0 fully saturated rings. The number of ether oxygens (including phenoxy) is 1. The molecule has 5 nitrogen and oxygen atoms in total. The first-order valence-electron chi connectivity index (χ1n) is 4.14. The minimum absolute atomic E-state index is 0.252. The molecule has 3 N–H and O–H groups in total. The molecule has 1 heterocycles. The zero-order valence-electron chi connectivity index (χ0n) is 7.63. The molecule has 1 aromatic heterocycles. The van der Waals surface area contributed by atoms with Crippen molar-refractivity contribution in [2.45, 2.75) is 18.7 Å². The number of aliphatic hydroxyl groups is 1. The van der Waals surface area contributed by atoms with Gasteiger partial charge in [-0.3, -0.25) is 4.68 Å². The highest BCUT2D eigenvalue weighted by molar-refractivity contribution is 4.80. The Labute approximate surface area is 77.1 Å². The summed E-state index contributed by atoms with van der Waals surface area (Å²) in [5, 5.41) is 13.4. The Morgan fingerprint density at radius 2 is 2.46 bits per heavy atom. The topological polar surface area (TPSA) is 73.3 Å². The number of aromatic nitrogens is 2. The first kappa shape index (κ1) is 10.2. The van der Waals surface area contributed by atoms with Crippen molar-refractivity contribution in [2.75, 3.05) is 13.7 Å². The van der Waals surface area contributed by atoms with Crippen LogP contribution in [-0.2, 0) is 11.3 Å². The Kier molecular flexibility index (Phi) is 3.88. The lowest BCUT2D eigenvalue weighted by molar-refractivity contribution is 0.0434. The number of hydrogen-bond acceptors (Lipinski definition) is 4. The van der Waals surface area contributed by atoms with E-state index in [9.17, 15) is 5.11 Å². The van der Waals surface area contributed by atoms with Gasteiger partial charge in [-0.2, -0.15) is 5.10 Å². The van der Waals surface area contributed by atoms with E-state index in [1.165, 1.54) is 7.11 Å². The van der Waals surface area contributed by atoms with E-state index < -0.39 is 6.10 Å². The molecule has 0 bridgehead atoms. The molecule has 74 valence electrons. The third kappa shape index (κ3) is 3.14. The van der Waals surface area contributed by atoms with E-state index in [2.05, 4.69) is 5.10 Å². The fourth-order valence-electron chi connectivity index (χ4n) is 1.04. The molecule has 0 amide bonds. The molecule has 1 rings (SSSR count). The number of methoxy groups -OCH3 is 1. The second-order valence-electron chi connectivity index (χ2n) is 2.91. The number of nitrogens with two attached hydrogens (primary N) is 1. The molecule has 0 aliphatic rings. The maximum absolute atomic E-state index is 9.43. The molecule has 1 aromatic rings. The fraction of sp³-hybridized carbons (Fsp3) is 0.625. The maximum Gasteiger partial charge on any atom is 0.0942 e. The molecule has 13 heavy (non-hydrogen) atoms. The Morgan fingerprint density at radius 1 is 1.69 bits per heavy atom. The van der Waals surface area contributed by atoms with Crippen LogP contribution in [0.5, 0.6) is 0 Å². The van der Waals surface area contributed by atoms with Crippen LogP contribution in [0, 0.1) is 0 Å². The van der Waals surface area contributed by atoms with Gasteiger partial charge in [0.2, 0.25) is 0 Å². The summed E-state index contributed by atoms with van der Waals surface area (Å²) in [5.41, 5.74) is 5.70. The Balaban J connectivity index is 2.36. The van der Waals surface area contributed by atoms with Crippen LogP contribution in [-0.4, -0.2) is 40.7 Å². The van der Waals surface area contributed by atoms with Crippen LogP contribution in [0.2, 0.25) is 0 Å². The van der Waals surface area contributed by atoms with Gasteiger partial charge in [-0.1, -0.05) is 0 Å². The van der Waals surface area contributed by atoms with Gasteiger partial charge >= 0.3 is 0 Å². The molecule has 2 unspecified atom stereocenters. The van der Waals surface area contributed by atoms with Gasteiger partial charge in [-0.25, -0.2) is 0 Å². The molecule has 5 heteroatoms. The van der Waals surface area contributed by atoms with Crippen LogP contribution in [0.1, 0.15) is 0 Å². The highest BCUT2D eigenvalue weighted by atomic mass is 16.5. The van der Waals surface area contributed by atoms with Crippen LogP contribution in [0.4, 0.5) is 0 Å². The first-order chi connectivity index (χ1) is 6.24. The Hall–Kier alpha value is -0.910. The van der Waals surface area contributed by atoms with E-state index in [4.69, 9.17) is 10.5 Å². The quantitative estimate of drug-likeness (QED) is 0.631. The van der Waals surface area contributed by atoms with Gasteiger partial charge in [0, 0.05) is 19.5 Å². The van der Waals surface area contributed by atoms with Crippen LogP contribution >= 0.6 is 0 Å². The number of rotatable bonds is 5. The summed E-state index contributed by atoms with van der Waals surface area (Å²) in [6.07, 6.45) is 2.84. The molecule has 0 spiro atoms. The van der Waals surface area contributed by atoms with Gasteiger partial charge in [-0.15, -0.1) is 0 Å². The van der Waals surface area contributed by atoms with Crippen molar-refractivity contribution in [1.82, 2.24) is 9.78 Å². The summed E-state index contributed by atoms with van der Waals surface area (Å²) in [6.45, 7) is 0.750. The van der Waals surface area contributed by atoms with Crippen molar-refractivity contribution in [3.63, 3.8) is 0 Å². The van der Waals surface area contributed by atoms with Crippen molar-refractivity contribution >= 4 is 0 Å². The van der Waals surface area contributed by atoms with Crippen molar-refractivity contribution in [3.05, 3.63) is 18.5 Å². The highest BCUT2D eigenvalue weighted by Gasteiger charge is 2.14. The molecule has 2 atom stereocenters. The third-order valence-corrected chi connectivity index (χ3v) is 1.79. The number of hydrogen-bond donors (Lipinski definition) is 2. The summed E-state index contributed by atoms with van der Waals surface area (Å²) >= 11 is 0. The van der Waals surface area contributed by atoms with Gasteiger partial charge in [0.15, 0.2) is 0 Å². The maximum atomic E-state index is 9.43. The SMILES string of the molecule is COCC(O)C(N)Cn1cccn1. The summed E-state index contributed by atoms with van der Waals surface area (Å²) in [4.78, 5) is 0. The lowest BCUT2D eigenvalue weighted by Crippen LogP contribution is -2.41. The van der Waals surface area contributed by atoms with Crippen molar-refractivity contribution < 1.29 is 9.84 Å². The number of nitrogens with zero attached hydrogens (tertiary/aromatic N) is 2. The average molecular weight is 185 g/mol. The van der Waals surface area contributed by atoms with Gasteiger partial charge in [0.05, 0.1) is 25.3 Å². The number of aliphatic hydroxyl groups excluding tert-OH is 1. The molecule has 0 saturated carbocycles. The van der Waals surface area contributed by atoms with E-state index in [1.54, 1.807) is 17.1 Å². The van der Waals surface area contributed by atoms with Gasteiger partial charge < -0.3 is 15.6 Å². The first-order valence-corrected chi connectivity index (χ1v) is 4.14. The fourth-order valence-corrected chi connectivity index (χ4v) is 1.04. The third-order valence-electron chi connectivity index (χ3n) is 1.79. The predicted molar refractivity (Wildman–Crippen MR) is 48.1 cm³/mol. The summed E-state index contributed by atoms with van der Waals surface area (Å²) in [5.74, 6) is 0. The summed E-state index contributed by atoms with van der Waals surface area (Å²) < 4.78 is 6.47. The van der Waals surface area contributed by atoms with Gasteiger partial charge in [-0.05, 0) is 6.07 Å². The summed E-state index contributed by atoms with van der Waals surface area (Å²) in [7, 11) is 1.53. The van der Waals surface area contributed by atoms with Gasteiger partial charge in [0.25, 0.3) is 0 Å². The lowest BCUT2D eigenvalue weighted by Gasteiger charge is -2.17. The predicted octanol–water partition coefficient (Wildman–Crippen LogP) is -0.782. The summed E-state index contributed by atoms with van der Waals surface area (Å²) in [6, 6.07) is 1.47. The molecular weight excluding hydrogens is 170 g/mol. The van der Waals surface area contributed by atoms with Crippen LogP contribution in [0.25, 0.3) is 0 Å². The Morgan fingerprint density at radius 3 is 3.00 bits per heavy atom. The van der Waals surface area contributed by atoms with Crippen molar-refractivity contribution in [2.24, 2.45) is 5.73 Å². The van der Waals surface area contributed by atoms with Gasteiger partial charge in [0.1, 0.15) is 0 Å². The van der Waals surface area contributed by atoms with E-state index in [1.807, 2.05) is 6.07 Å². The molecule has 0 aliphatic carbocycles. The van der Waals surface area contributed by atoms with Crippen LogP contribution < -0.4 is 5.73 Å². The minimum atomic E-state index is -0.644. The molecule has 0 aliphatic heterocycles. The van der Waals surface area contributed by atoms with Crippen molar-refractivity contribution in [3.8, 4) is 0 Å². The largest absolute Gasteiger partial charge is 0.389 e. The standard InChI is InChI=1S/C8H15N3O2/c1-13-6-8(12)7(9)5-11-4-2-3-10-11/h2-4,7-8,12H,5-6,9H2,1H3. The Bertz CT molecular complexity index is 225. The highest BCUT2D eigenvalue weighted by Crippen LogP contribution is 1.95. The average Bonchev–Trinajstić information content (AvgIpc) is 2.57. The molecule has 0 aromatic carbocycles.